The van der Waals surface area contributed by atoms with Crippen LogP contribution >= 0.6 is 0 Å². The third-order valence-corrected chi connectivity index (χ3v) is 5.47. The van der Waals surface area contributed by atoms with Gasteiger partial charge >= 0.3 is 0 Å². The first-order valence-corrected chi connectivity index (χ1v) is 9.12. The van der Waals surface area contributed by atoms with Gasteiger partial charge < -0.3 is 26.4 Å². The highest BCUT2D eigenvalue weighted by atomic mass is 32.2. The van der Waals surface area contributed by atoms with E-state index in [0.717, 1.165) is 0 Å². The van der Waals surface area contributed by atoms with Gasteiger partial charge in [-0.3, -0.25) is 4.57 Å². The Hall–Kier alpha value is -1.46. The van der Waals surface area contributed by atoms with Crippen LogP contribution in [0.15, 0.2) is 12.7 Å². The minimum Gasteiger partial charge on any atom is -0.387 e. The first-order chi connectivity index (χ1) is 12.7. The molecule has 1 aliphatic rings. The van der Waals surface area contributed by atoms with Gasteiger partial charge in [0.05, 0.1) is 16.6 Å². The molecule has 1 aliphatic heterocycles. The van der Waals surface area contributed by atoms with Crippen molar-refractivity contribution in [2.75, 3.05) is 30.0 Å². The quantitative estimate of drug-likeness (QED) is 0.463. The molecule has 3 rings (SSSR count). The number of hydrogen-bond donors (Lipinski definition) is 4. The fourth-order valence-corrected chi connectivity index (χ4v) is 4.05. The molecule has 0 bridgehead atoms. The third-order valence-electron chi connectivity index (χ3n) is 3.96. The molecule has 2 aromatic rings. The SMILES string of the molecule is [2H]C([2H])([2H])[S+](CCCN)C[C@H]1O[C@@H](n2cnc3c(N)ncnc32)[C@H](O)[C@@H]1O. The number of nitrogen functional groups attached to an aromatic ring is 1. The Morgan fingerprint density at radius 1 is 1.38 bits per heavy atom. The molecule has 132 valence electrons. The first kappa shape index (κ1) is 13.8. The first-order valence-electron chi connectivity index (χ1n) is 9.06. The lowest BCUT2D eigenvalue weighted by molar-refractivity contribution is -0.0290. The Morgan fingerprint density at radius 2 is 2.21 bits per heavy atom. The van der Waals surface area contributed by atoms with E-state index in [0.29, 0.717) is 29.9 Å². The molecular weight excluding hydrogens is 332 g/mol. The third kappa shape index (κ3) is 3.20. The molecule has 1 saturated heterocycles. The number of aliphatic hydroxyl groups excluding tert-OH is 2. The molecule has 2 aromatic heterocycles. The summed E-state index contributed by atoms with van der Waals surface area (Å²) in [4.78, 5) is 12.1. The summed E-state index contributed by atoms with van der Waals surface area (Å²) in [5.41, 5.74) is 12.0. The van der Waals surface area contributed by atoms with E-state index in [1.807, 2.05) is 0 Å². The van der Waals surface area contributed by atoms with Crippen LogP contribution in [0.1, 0.15) is 16.8 Å². The Morgan fingerprint density at radius 3 is 2.96 bits per heavy atom. The van der Waals surface area contributed by atoms with Crippen LogP contribution in [0, 0.1) is 0 Å². The summed E-state index contributed by atoms with van der Waals surface area (Å²) >= 11 is 0. The molecule has 0 aliphatic carbocycles. The van der Waals surface area contributed by atoms with Gasteiger partial charge in [0, 0.05) is 6.42 Å². The molecule has 6 N–H and O–H groups in total. The van der Waals surface area contributed by atoms with E-state index >= 15 is 0 Å². The molecule has 1 fully saturated rings. The predicted molar refractivity (Wildman–Crippen MR) is 92.4 cm³/mol. The molecule has 24 heavy (non-hydrogen) atoms. The normalized spacial score (nSPS) is 30.9. The van der Waals surface area contributed by atoms with Crippen molar-refractivity contribution < 1.29 is 19.1 Å². The van der Waals surface area contributed by atoms with Crippen LogP contribution in [0.25, 0.3) is 11.2 Å². The number of ether oxygens (including phenoxy) is 1. The zero-order valence-corrected chi connectivity index (χ0v) is 13.8. The zero-order chi connectivity index (χ0) is 19.8. The highest BCUT2D eigenvalue weighted by Gasteiger charge is 2.46. The minimum absolute atomic E-state index is 0.106. The van der Waals surface area contributed by atoms with E-state index in [1.54, 1.807) is 0 Å². The van der Waals surface area contributed by atoms with Crippen molar-refractivity contribution in [1.82, 2.24) is 19.5 Å². The summed E-state index contributed by atoms with van der Waals surface area (Å²) in [5, 5.41) is 20.9. The van der Waals surface area contributed by atoms with Gasteiger partial charge in [-0.15, -0.1) is 0 Å². The van der Waals surface area contributed by atoms with Gasteiger partial charge in [-0.05, 0) is 17.4 Å². The fourth-order valence-electron chi connectivity index (χ4n) is 2.69. The number of nitrogens with two attached hydrogens (primary N) is 2. The maximum absolute atomic E-state index is 10.5. The number of anilines is 1. The van der Waals surface area contributed by atoms with Crippen LogP contribution in [0.5, 0.6) is 0 Å². The lowest BCUT2D eigenvalue weighted by atomic mass is 10.1. The Kier molecular flexibility index (Phi) is 4.13. The van der Waals surface area contributed by atoms with Crippen molar-refractivity contribution in [2.24, 2.45) is 5.73 Å². The van der Waals surface area contributed by atoms with E-state index in [4.69, 9.17) is 20.3 Å². The van der Waals surface area contributed by atoms with Crippen LogP contribution in [0.4, 0.5) is 5.82 Å². The number of fused-ring (bicyclic) bond motifs is 1. The smallest absolute Gasteiger partial charge is 0.167 e. The van der Waals surface area contributed by atoms with Gasteiger partial charge in [0.2, 0.25) is 0 Å². The molecular formula is C14H23N6O3S+. The second-order valence-corrected chi connectivity index (χ2v) is 7.36. The van der Waals surface area contributed by atoms with Crippen LogP contribution in [0.3, 0.4) is 0 Å². The molecule has 10 heteroatoms. The summed E-state index contributed by atoms with van der Waals surface area (Å²) in [5.74, 6) is 0.710. The van der Waals surface area contributed by atoms with Gasteiger partial charge in [-0.25, -0.2) is 15.0 Å². The number of imidazole rings is 1. The molecule has 0 spiro atoms. The lowest BCUT2D eigenvalue weighted by Crippen LogP contribution is -2.35. The van der Waals surface area contributed by atoms with Crippen molar-refractivity contribution in [3.8, 4) is 0 Å². The Balaban J connectivity index is 1.81. The summed E-state index contributed by atoms with van der Waals surface area (Å²) in [6, 6.07) is 0. The standard InChI is InChI=1S/C14H23N6O3S/c1-24(4-2-3-15)5-8-10(21)11(22)14(23-8)20-7-19-9-12(16)17-6-18-13(9)20/h6-8,10-11,14,21-22H,2-5,15H2,1H3,(H2,16,17,18)/q+1/t8-,10-,11-,14-,24?/m1/s1/i1D3. The minimum atomic E-state index is -2.18. The molecule has 0 amide bonds. The van der Waals surface area contributed by atoms with E-state index in [2.05, 4.69) is 15.0 Å². The molecule has 0 radical (unpaired) electrons. The average molecular weight is 358 g/mol. The summed E-state index contributed by atoms with van der Waals surface area (Å²) in [6.07, 6.45) is -3.23. The average Bonchev–Trinajstić information content (AvgIpc) is 3.14. The van der Waals surface area contributed by atoms with Crippen LogP contribution < -0.4 is 11.5 Å². The van der Waals surface area contributed by atoms with E-state index in [-0.39, 0.29) is 11.6 Å². The van der Waals surface area contributed by atoms with Crippen LogP contribution in [-0.4, -0.2) is 72.3 Å². The number of hydrogen-bond acceptors (Lipinski definition) is 8. The van der Waals surface area contributed by atoms with Crippen molar-refractivity contribution in [1.29, 1.82) is 0 Å². The maximum Gasteiger partial charge on any atom is 0.167 e. The highest BCUT2D eigenvalue weighted by molar-refractivity contribution is 7.96. The highest BCUT2D eigenvalue weighted by Crippen LogP contribution is 2.32. The largest absolute Gasteiger partial charge is 0.387 e. The Bertz CT molecular complexity index is 791. The van der Waals surface area contributed by atoms with Gasteiger partial charge in [0.1, 0.15) is 41.7 Å². The maximum atomic E-state index is 10.5. The summed E-state index contributed by atoms with van der Waals surface area (Å²) in [7, 11) is -1.01. The molecule has 0 saturated carbocycles. The summed E-state index contributed by atoms with van der Waals surface area (Å²) in [6.45, 7) is 0.390. The summed E-state index contributed by atoms with van der Waals surface area (Å²) < 4.78 is 30.5. The molecule has 1 unspecified atom stereocenters. The number of aromatic nitrogens is 4. The second kappa shape index (κ2) is 7.19. The van der Waals surface area contributed by atoms with Gasteiger partial charge in [-0.1, -0.05) is 0 Å². The van der Waals surface area contributed by atoms with Crippen LogP contribution in [0.2, 0.25) is 0 Å². The van der Waals surface area contributed by atoms with Gasteiger partial charge in [0.15, 0.2) is 17.7 Å². The lowest BCUT2D eigenvalue weighted by Gasteiger charge is -2.16. The molecule has 0 aromatic carbocycles. The van der Waals surface area contributed by atoms with Crippen molar-refractivity contribution in [3.63, 3.8) is 0 Å². The van der Waals surface area contributed by atoms with Crippen molar-refractivity contribution >= 4 is 27.9 Å². The number of aliphatic hydroxyl groups is 2. The molecule has 3 heterocycles. The van der Waals surface area contributed by atoms with Crippen molar-refractivity contribution in [2.45, 2.75) is 31.0 Å². The van der Waals surface area contributed by atoms with E-state index in [1.165, 1.54) is 17.2 Å². The van der Waals surface area contributed by atoms with Gasteiger partial charge in [-0.2, -0.15) is 0 Å². The van der Waals surface area contributed by atoms with E-state index < -0.39 is 41.6 Å². The second-order valence-electron chi connectivity index (χ2n) is 5.64. The molecule has 9 nitrogen and oxygen atoms in total. The monoisotopic (exact) mass is 358 g/mol. The predicted octanol–water partition coefficient (Wildman–Crippen LogP) is -1.38. The van der Waals surface area contributed by atoms with Crippen LogP contribution in [-0.2, 0) is 15.6 Å². The topological polar surface area (TPSA) is 145 Å². The van der Waals surface area contributed by atoms with Gasteiger partial charge in [0.25, 0.3) is 0 Å². The zero-order valence-electron chi connectivity index (χ0n) is 15.9. The van der Waals surface area contributed by atoms with E-state index in [9.17, 15) is 10.2 Å². The molecule has 5 atom stereocenters. The number of rotatable bonds is 6. The van der Waals surface area contributed by atoms with Crippen molar-refractivity contribution in [3.05, 3.63) is 12.7 Å². The number of nitrogens with zero attached hydrogens (tertiary/aromatic N) is 4. The fraction of sp³-hybridized carbons (Fsp3) is 0.643. The Labute approximate surface area is 146 Å².